The molecule has 0 N–H and O–H groups in total. The quantitative estimate of drug-likeness (QED) is 0.616. The highest BCUT2D eigenvalue weighted by Gasteiger charge is 2.42. The summed E-state index contributed by atoms with van der Waals surface area (Å²) in [5.41, 5.74) is -0.891. The second-order valence-corrected chi connectivity index (χ2v) is 4.34. The van der Waals surface area contributed by atoms with Crippen molar-refractivity contribution in [2.24, 2.45) is 5.41 Å². The van der Waals surface area contributed by atoms with Crippen LogP contribution in [0.2, 0.25) is 0 Å². The van der Waals surface area contributed by atoms with E-state index in [2.05, 4.69) is 20.8 Å². The van der Waals surface area contributed by atoms with E-state index >= 15 is 0 Å². The Kier molecular flexibility index (Phi) is 2.24. The average Bonchev–Trinajstić information content (AvgIpc) is 1.84. The SMILES string of the molecule is CCC(C)(C)CC1(F)COC1. The minimum atomic E-state index is -1.01. The molecule has 0 saturated carbocycles. The Labute approximate surface area is 67.9 Å². The van der Waals surface area contributed by atoms with Crippen molar-refractivity contribution in [1.82, 2.24) is 0 Å². The Balaban J connectivity index is 2.40. The number of hydrogen-bond acceptors (Lipinski definition) is 1. The van der Waals surface area contributed by atoms with Gasteiger partial charge in [-0.15, -0.1) is 0 Å². The predicted octanol–water partition coefficient (Wildman–Crippen LogP) is 2.55. The summed E-state index contributed by atoms with van der Waals surface area (Å²) in [6.45, 7) is 6.91. The normalized spacial score (nSPS) is 22.9. The van der Waals surface area contributed by atoms with E-state index in [9.17, 15) is 4.39 Å². The highest BCUT2D eigenvalue weighted by atomic mass is 19.1. The first kappa shape index (κ1) is 8.98. The van der Waals surface area contributed by atoms with Crippen molar-refractivity contribution < 1.29 is 9.13 Å². The van der Waals surface area contributed by atoms with Crippen molar-refractivity contribution in [3.63, 3.8) is 0 Å². The van der Waals surface area contributed by atoms with Crippen LogP contribution in [0.3, 0.4) is 0 Å². The van der Waals surface area contributed by atoms with Crippen LogP contribution in [-0.2, 0) is 4.74 Å². The first-order valence-corrected chi connectivity index (χ1v) is 4.24. The van der Waals surface area contributed by atoms with Gasteiger partial charge in [-0.1, -0.05) is 27.2 Å². The maximum atomic E-state index is 13.5. The van der Waals surface area contributed by atoms with E-state index in [1.165, 1.54) is 0 Å². The fourth-order valence-electron chi connectivity index (χ4n) is 1.41. The van der Waals surface area contributed by atoms with Crippen molar-refractivity contribution >= 4 is 0 Å². The van der Waals surface area contributed by atoms with Gasteiger partial charge in [0.05, 0.1) is 13.2 Å². The summed E-state index contributed by atoms with van der Waals surface area (Å²) in [4.78, 5) is 0. The molecule has 0 aromatic carbocycles. The molecule has 0 unspecified atom stereocenters. The van der Waals surface area contributed by atoms with Crippen LogP contribution < -0.4 is 0 Å². The molecule has 66 valence electrons. The molecule has 0 amide bonds. The van der Waals surface area contributed by atoms with Gasteiger partial charge in [0, 0.05) is 0 Å². The zero-order valence-electron chi connectivity index (χ0n) is 7.61. The van der Waals surface area contributed by atoms with Crippen LogP contribution in [0.15, 0.2) is 0 Å². The lowest BCUT2D eigenvalue weighted by Crippen LogP contribution is -2.48. The largest absolute Gasteiger partial charge is 0.375 e. The van der Waals surface area contributed by atoms with Crippen molar-refractivity contribution in [3.8, 4) is 0 Å². The Bertz CT molecular complexity index is 129. The highest BCUT2D eigenvalue weighted by molar-refractivity contribution is 4.90. The van der Waals surface area contributed by atoms with Gasteiger partial charge in [-0.3, -0.25) is 0 Å². The minimum Gasteiger partial charge on any atom is -0.375 e. The summed E-state index contributed by atoms with van der Waals surface area (Å²) in [5, 5.41) is 0. The molecule has 0 atom stereocenters. The first-order chi connectivity index (χ1) is 4.97. The van der Waals surface area contributed by atoms with E-state index in [0.717, 1.165) is 6.42 Å². The molecule has 1 nitrogen and oxygen atoms in total. The zero-order valence-corrected chi connectivity index (χ0v) is 7.61. The summed E-state index contributed by atoms with van der Waals surface area (Å²) >= 11 is 0. The molecular formula is C9H17FO. The van der Waals surface area contributed by atoms with Gasteiger partial charge in [-0.25, -0.2) is 4.39 Å². The highest BCUT2D eigenvalue weighted by Crippen LogP contribution is 2.37. The molecule has 1 fully saturated rings. The molecule has 2 heteroatoms. The number of alkyl halides is 1. The predicted molar refractivity (Wildman–Crippen MR) is 43.3 cm³/mol. The van der Waals surface area contributed by atoms with Crippen LogP contribution in [0.1, 0.15) is 33.6 Å². The average molecular weight is 160 g/mol. The Morgan fingerprint density at radius 3 is 2.27 bits per heavy atom. The van der Waals surface area contributed by atoms with Crippen LogP contribution in [0.25, 0.3) is 0 Å². The van der Waals surface area contributed by atoms with Crippen molar-refractivity contribution in [2.75, 3.05) is 13.2 Å². The van der Waals surface area contributed by atoms with Gasteiger partial charge in [0.2, 0.25) is 0 Å². The van der Waals surface area contributed by atoms with Crippen molar-refractivity contribution in [3.05, 3.63) is 0 Å². The summed E-state index contributed by atoms with van der Waals surface area (Å²) in [7, 11) is 0. The Morgan fingerprint density at radius 1 is 1.45 bits per heavy atom. The molecular weight excluding hydrogens is 143 g/mol. The van der Waals surface area contributed by atoms with Crippen LogP contribution in [0.5, 0.6) is 0 Å². The Hall–Kier alpha value is -0.110. The summed E-state index contributed by atoms with van der Waals surface area (Å²) < 4.78 is 18.3. The van der Waals surface area contributed by atoms with Crippen LogP contribution in [-0.4, -0.2) is 18.9 Å². The molecule has 0 radical (unpaired) electrons. The maximum Gasteiger partial charge on any atom is 0.157 e. The molecule has 0 aliphatic carbocycles. The zero-order chi connectivity index (χ0) is 8.54. The number of ether oxygens (including phenoxy) is 1. The number of hydrogen-bond donors (Lipinski definition) is 0. The third-order valence-corrected chi connectivity index (χ3v) is 2.47. The van der Waals surface area contributed by atoms with E-state index < -0.39 is 5.67 Å². The number of rotatable bonds is 3. The smallest absolute Gasteiger partial charge is 0.157 e. The van der Waals surface area contributed by atoms with Crippen LogP contribution in [0, 0.1) is 5.41 Å². The topological polar surface area (TPSA) is 9.23 Å². The lowest BCUT2D eigenvalue weighted by Gasteiger charge is -2.39. The van der Waals surface area contributed by atoms with Gasteiger partial charge in [0.25, 0.3) is 0 Å². The van der Waals surface area contributed by atoms with Crippen LogP contribution in [0.4, 0.5) is 4.39 Å². The molecule has 11 heavy (non-hydrogen) atoms. The third-order valence-electron chi connectivity index (χ3n) is 2.47. The van der Waals surface area contributed by atoms with Gasteiger partial charge < -0.3 is 4.74 Å². The van der Waals surface area contributed by atoms with E-state index in [1.54, 1.807) is 0 Å². The summed E-state index contributed by atoms with van der Waals surface area (Å²) in [6, 6.07) is 0. The van der Waals surface area contributed by atoms with E-state index in [0.29, 0.717) is 19.6 Å². The fourth-order valence-corrected chi connectivity index (χ4v) is 1.41. The third kappa shape index (κ3) is 2.16. The van der Waals surface area contributed by atoms with Crippen molar-refractivity contribution in [2.45, 2.75) is 39.3 Å². The molecule has 1 rings (SSSR count). The number of halogens is 1. The monoisotopic (exact) mass is 160 g/mol. The second kappa shape index (κ2) is 2.74. The lowest BCUT2D eigenvalue weighted by molar-refractivity contribution is -0.147. The summed E-state index contributed by atoms with van der Waals surface area (Å²) in [5.74, 6) is 0. The van der Waals surface area contributed by atoms with Gasteiger partial charge in [-0.2, -0.15) is 0 Å². The molecule has 1 heterocycles. The molecule has 0 bridgehead atoms. The molecule has 0 aromatic rings. The minimum absolute atomic E-state index is 0.124. The van der Waals surface area contributed by atoms with Gasteiger partial charge in [-0.05, 0) is 11.8 Å². The molecule has 1 aliphatic rings. The van der Waals surface area contributed by atoms with E-state index in [1.807, 2.05) is 0 Å². The van der Waals surface area contributed by atoms with Gasteiger partial charge in [0.1, 0.15) is 0 Å². The van der Waals surface area contributed by atoms with E-state index in [-0.39, 0.29) is 5.41 Å². The van der Waals surface area contributed by atoms with E-state index in [4.69, 9.17) is 4.74 Å². The van der Waals surface area contributed by atoms with Gasteiger partial charge >= 0.3 is 0 Å². The molecule has 0 spiro atoms. The molecule has 1 aliphatic heterocycles. The maximum absolute atomic E-state index is 13.5. The summed E-state index contributed by atoms with van der Waals surface area (Å²) in [6.07, 6.45) is 1.66. The van der Waals surface area contributed by atoms with Crippen molar-refractivity contribution in [1.29, 1.82) is 0 Å². The van der Waals surface area contributed by atoms with Gasteiger partial charge in [0.15, 0.2) is 5.67 Å². The van der Waals surface area contributed by atoms with Crippen LogP contribution >= 0.6 is 0 Å². The lowest BCUT2D eigenvalue weighted by atomic mass is 9.78. The molecule has 1 saturated heterocycles. The standard InChI is InChI=1S/C9H17FO/c1-4-8(2,3)5-9(10)6-11-7-9/h4-7H2,1-3H3. The molecule has 0 aromatic heterocycles. The Morgan fingerprint density at radius 2 is 2.00 bits per heavy atom. The fraction of sp³-hybridized carbons (Fsp3) is 1.00. The second-order valence-electron chi connectivity index (χ2n) is 4.34. The first-order valence-electron chi connectivity index (χ1n) is 4.24.